The van der Waals surface area contributed by atoms with E-state index in [1.54, 1.807) is 0 Å². The van der Waals surface area contributed by atoms with Crippen molar-refractivity contribution in [3.05, 3.63) is 88.3 Å². The topological polar surface area (TPSA) is 40.5 Å². The van der Waals surface area contributed by atoms with Gasteiger partial charge in [-0.05, 0) is 53.5 Å². The molecule has 1 aromatic heterocycles. The minimum atomic E-state index is -0.820. The number of hydrogen-bond acceptors (Lipinski definition) is 3. The summed E-state index contributed by atoms with van der Waals surface area (Å²) >= 11 is 1.41. The predicted octanol–water partition coefficient (Wildman–Crippen LogP) is 7.60. The molecule has 3 aromatic rings. The average Bonchev–Trinajstić information content (AvgIpc) is 3.29. The summed E-state index contributed by atoms with van der Waals surface area (Å²) in [6.07, 6.45) is 4.27. The maximum atomic E-state index is 12.3. The van der Waals surface area contributed by atoms with Crippen LogP contribution in [0.1, 0.15) is 60.3 Å². The van der Waals surface area contributed by atoms with Crippen LogP contribution in [0.5, 0.6) is 0 Å². The third-order valence-electron chi connectivity index (χ3n) is 6.64. The SMILES string of the molecule is CCCC(CC)C1=C(c2cc(-c3ccccc3)sc2C(=O)O)CCN(Cc2ccccc2)C1. The summed E-state index contributed by atoms with van der Waals surface area (Å²) in [6.45, 7) is 7.31. The van der Waals surface area contributed by atoms with Crippen LogP contribution in [0.4, 0.5) is 0 Å². The molecule has 172 valence electrons. The van der Waals surface area contributed by atoms with Crippen LogP contribution in [-0.4, -0.2) is 29.1 Å². The van der Waals surface area contributed by atoms with E-state index >= 15 is 0 Å². The van der Waals surface area contributed by atoms with Crippen LogP contribution >= 0.6 is 11.3 Å². The van der Waals surface area contributed by atoms with Gasteiger partial charge < -0.3 is 5.11 Å². The van der Waals surface area contributed by atoms with Crippen LogP contribution in [-0.2, 0) is 6.54 Å². The number of nitrogens with zero attached hydrogens (tertiary/aromatic N) is 1. The smallest absolute Gasteiger partial charge is 0.346 e. The van der Waals surface area contributed by atoms with Crippen LogP contribution in [0.3, 0.4) is 0 Å². The molecule has 4 heteroatoms. The molecule has 0 saturated heterocycles. The van der Waals surface area contributed by atoms with Gasteiger partial charge in [0, 0.05) is 30.1 Å². The summed E-state index contributed by atoms with van der Waals surface area (Å²) in [6, 6.07) is 22.9. The van der Waals surface area contributed by atoms with Gasteiger partial charge in [0.25, 0.3) is 0 Å². The number of carboxylic acid groups (broad SMARTS) is 1. The predicted molar refractivity (Wildman–Crippen MR) is 139 cm³/mol. The lowest BCUT2D eigenvalue weighted by atomic mass is 9.82. The molecular formula is C29H33NO2S. The van der Waals surface area contributed by atoms with Gasteiger partial charge in [0.2, 0.25) is 0 Å². The summed E-state index contributed by atoms with van der Waals surface area (Å²) in [5, 5.41) is 10.1. The van der Waals surface area contributed by atoms with E-state index in [-0.39, 0.29) is 0 Å². The van der Waals surface area contributed by atoms with E-state index in [1.165, 1.54) is 28.0 Å². The van der Waals surface area contributed by atoms with Crippen molar-refractivity contribution in [3.63, 3.8) is 0 Å². The highest BCUT2D eigenvalue weighted by Gasteiger charge is 2.28. The van der Waals surface area contributed by atoms with Gasteiger partial charge in [0.15, 0.2) is 0 Å². The monoisotopic (exact) mass is 459 g/mol. The molecular weight excluding hydrogens is 426 g/mol. The highest BCUT2D eigenvalue weighted by molar-refractivity contribution is 7.17. The van der Waals surface area contributed by atoms with E-state index < -0.39 is 5.97 Å². The van der Waals surface area contributed by atoms with E-state index in [1.807, 2.05) is 18.2 Å². The van der Waals surface area contributed by atoms with E-state index in [9.17, 15) is 9.90 Å². The summed E-state index contributed by atoms with van der Waals surface area (Å²) < 4.78 is 0. The summed E-state index contributed by atoms with van der Waals surface area (Å²) in [7, 11) is 0. The minimum absolute atomic E-state index is 0.476. The minimum Gasteiger partial charge on any atom is -0.477 e. The van der Waals surface area contributed by atoms with Gasteiger partial charge in [0.05, 0.1) is 0 Å². The molecule has 0 amide bonds. The Morgan fingerprint density at radius 2 is 1.76 bits per heavy atom. The molecule has 1 unspecified atom stereocenters. The molecule has 3 nitrogen and oxygen atoms in total. The quantitative estimate of drug-likeness (QED) is 0.358. The molecule has 0 fully saturated rings. The molecule has 1 atom stereocenters. The average molecular weight is 460 g/mol. The first-order chi connectivity index (χ1) is 16.1. The summed E-state index contributed by atoms with van der Waals surface area (Å²) in [5.74, 6) is -0.329. The van der Waals surface area contributed by atoms with Gasteiger partial charge in [-0.15, -0.1) is 11.3 Å². The number of carboxylic acids is 1. The van der Waals surface area contributed by atoms with Crippen molar-refractivity contribution in [3.8, 4) is 10.4 Å². The van der Waals surface area contributed by atoms with Gasteiger partial charge in [-0.3, -0.25) is 4.90 Å². The fourth-order valence-electron chi connectivity index (χ4n) is 5.00. The summed E-state index contributed by atoms with van der Waals surface area (Å²) in [4.78, 5) is 16.3. The van der Waals surface area contributed by atoms with Gasteiger partial charge in [0.1, 0.15) is 4.88 Å². The second kappa shape index (κ2) is 11.0. The molecule has 0 saturated carbocycles. The first kappa shape index (κ1) is 23.5. The maximum absolute atomic E-state index is 12.3. The van der Waals surface area contributed by atoms with E-state index in [0.717, 1.165) is 61.3 Å². The molecule has 0 bridgehead atoms. The molecule has 0 spiro atoms. The molecule has 1 aliphatic rings. The molecule has 0 aliphatic carbocycles. The first-order valence-electron chi connectivity index (χ1n) is 12.0. The Labute approximate surface area is 201 Å². The Morgan fingerprint density at radius 1 is 1.06 bits per heavy atom. The Morgan fingerprint density at radius 3 is 2.39 bits per heavy atom. The largest absolute Gasteiger partial charge is 0.477 e. The van der Waals surface area contributed by atoms with Crippen LogP contribution in [0.2, 0.25) is 0 Å². The van der Waals surface area contributed by atoms with Crippen molar-refractivity contribution in [2.75, 3.05) is 13.1 Å². The zero-order valence-corrected chi connectivity index (χ0v) is 20.4. The van der Waals surface area contributed by atoms with Crippen LogP contribution in [0, 0.1) is 5.92 Å². The lowest BCUT2D eigenvalue weighted by Crippen LogP contribution is -2.33. The van der Waals surface area contributed by atoms with Crippen molar-refractivity contribution in [2.24, 2.45) is 5.92 Å². The first-order valence-corrected chi connectivity index (χ1v) is 12.8. The Bertz CT molecular complexity index is 1100. The molecule has 2 aromatic carbocycles. The highest BCUT2D eigenvalue weighted by atomic mass is 32.1. The highest BCUT2D eigenvalue weighted by Crippen LogP contribution is 2.41. The summed E-state index contributed by atoms with van der Waals surface area (Å²) in [5.41, 5.74) is 6.07. The maximum Gasteiger partial charge on any atom is 0.346 e. The van der Waals surface area contributed by atoms with Crippen molar-refractivity contribution >= 4 is 22.9 Å². The second-order valence-electron chi connectivity index (χ2n) is 8.87. The molecule has 2 heterocycles. The Balaban J connectivity index is 1.75. The fourth-order valence-corrected chi connectivity index (χ4v) is 6.03. The van der Waals surface area contributed by atoms with Gasteiger partial charge in [-0.25, -0.2) is 4.79 Å². The molecule has 1 N–H and O–H groups in total. The zero-order valence-electron chi connectivity index (χ0n) is 19.6. The molecule has 33 heavy (non-hydrogen) atoms. The van der Waals surface area contributed by atoms with E-state index in [2.05, 4.69) is 67.3 Å². The fraction of sp³-hybridized carbons (Fsp3) is 0.345. The Kier molecular flexibility index (Phi) is 7.79. The van der Waals surface area contributed by atoms with Crippen molar-refractivity contribution < 1.29 is 9.90 Å². The third kappa shape index (κ3) is 5.45. The van der Waals surface area contributed by atoms with Crippen molar-refractivity contribution in [1.29, 1.82) is 0 Å². The second-order valence-corrected chi connectivity index (χ2v) is 9.92. The van der Waals surface area contributed by atoms with Gasteiger partial charge in [-0.2, -0.15) is 0 Å². The number of benzene rings is 2. The number of hydrogen-bond donors (Lipinski definition) is 1. The molecule has 4 rings (SSSR count). The lowest BCUT2D eigenvalue weighted by molar-refractivity contribution is 0.0702. The standard InChI is InChI=1S/C29H33NO2S/c1-3-11-22(4-2)26-20-30(19-21-12-7-5-8-13-21)17-16-24(26)25-18-27(33-28(25)29(31)32)23-14-9-6-10-15-23/h5-10,12-15,18,22H,3-4,11,16-17,19-20H2,1-2H3,(H,31,32). The van der Waals surface area contributed by atoms with E-state index in [4.69, 9.17) is 0 Å². The zero-order chi connectivity index (χ0) is 23.2. The van der Waals surface area contributed by atoms with Crippen LogP contribution < -0.4 is 0 Å². The van der Waals surface area contributed by atoms with Gasteiger partial charge in [-0.1, -0.05) is 80.9 Å². The molecule has 1 aliphatic heterocycles. The number of carbonyl (C=O) groups is 1. The van der Waals surface area contributed by atoms with Crippen molar-refractivity contribution in [1.82, 2.24) is 4.90 Å². The van der Waals surface area contributed by atoms with Crippen LogP contribution in [0.25, 0.3) is 16.0 Å². The number of rotatable bonds is 9. The third-order valence-corrected chi connectivity index (χ3v) is 7.81. The normalized spacial score (nSPS) is 15.6. The molecule has 0 radical (unpaired) electrons. The Hall–Kier alpha value is -2.69. The lowest BCUT2D eigenvalue weighted by Gasteiger charge is -2.34. The van der Waals surface area contributed by atoms with Crippen LogP contribution in [0.15, 0.2) is 72.3 Å². The number of thiophene rings is 1. The van der Waals surface area contributed by atoms with Gasteiger partial charge >= 0.3 is 5.97 Å². The van der Waals surface area contributed by atoms with Crippen molar-refractivity contribution in [2.45, 2.75) is 46.1 Å². The number of aromatic carboxylic acids is 1. The van der Waals surface area contributed by atoms with E-state index in [0.29, 0.717) is 10.8 Å².